The molecule has 8 heteroatoms. The lowest BCUT2D eigenvalue weighted by Gasteiger charge is -2.30. The topological polar surface area (TPSA) is 90.2 Å². The van der Waals surface area contributed by atoms with Crippen molar-refractivity contribution in [2.75, 3.05) is 31.8 Å². The third-order valence-electron chi connectivity index (χ3n) is 5.27. The van der Waals surface area contributed by atoms with Gasteiger partial charge in [0.1, 0.15) is 41.8 Å². The summed E-state index contributed by atoms with van der Waals surface area (Å²) in [5.74, 6) is 0.524. The zero-order valence-corrected chi connectivity index (χ0v) is 15.7. The number of para-hydroxylation sites is 2. The SMILES string of the molecule is COc1cc2c3c(c1)c(O)c(C(=O)N1CCOc4ccccc41)c(=O)n3CCO2. The highest BCUT2D eigenvalue weighted by molar-refractivity contribution is 6.11. The van der Waals surface area contributed by atoms with Crippen LogP contribution < -0.4 is 24.7 Å². The Hall–Kier alpha value is -3.68. The van der Waals surface area contributed by atoms with E-state index in [0.29, 0.717) is 40.4 Å². The molecule has 1 N–H and O–H groups in total. The fourth-order valence-electron chi connectivity index (χ4n) is 3.91. The van der Waals surface area contributed by atoms with Gasteiger partial charge in [-0.1, -0.05) is 12.1 Å². The Balaban J connectivity index is 1.75. The number of ether oxygens (including phenoxy) is 3. The molecule has 0 saturated heterocycles. The molecule has 0 bridgehead atoms. The molecule has 3 aromatic rings. The smallest absolute Gasteiger partial charge is 0.267 e. The lowest BCUT2D eigenvalue weighted by Crippen LogP contribution is -2.42. The molecule has 0 atom stereocenters. The Labute approximate surface area is 165 Å². The van der Waals surface area contributed by atoms with Crippen molar-refractivity contribution in [2.45, 2.75) is 6.54 Å². The molecule has 1 amide bonds. The highest BCUT2D eigenvalue weighted by atomic mass is 16.5. The minimum atomic E-state index is -0.565. The molecule has 0 aliphatic carbocycles. The summed E-state index contributed by atoms with van der Waals surface area (Å²) in [5.41, 5.74) is 0.212. The number of carbonyl (C=O) groups is 1. The second kappa shape index (κ2) is 6.44. The number of hydrogen-bond donors (Lipinski definition) is 1. The molecule has 0 unspecified atom stereocenters. The van der Waals surface area contributed by atoms with Crippen LogP contribution in [0.1, 0.15) is 10.4 Å². The zero-order chi connectivity index (χ0) is 20.1. The van der Waals surface area contributed by atoms with Crippen LogP contribution in [0.3, 0.4) is 0 Å². The van der Waals surface area contributed by atoms with Crippen LogP contribution in [-0.2, 0) is 6.54 Å². The first-order valence-corrected chi connectivity index (χ1v) is 9.24. The van der Waals surface area contributed by atoms with Crippen LogP contribution in [0.4, 0.5) is 5.69 Å². The summed E-state index contributed by atoms with van der Waals surface area (Å²) >= 11 is 0. The van der Waals surface area contributed by atoms with Crippen molar-refractivity contribution in [1.29, 1.82) is 0 Å². The Kier molecular flexibility index (Phi) is 3.87. The standard InChI is InChI=1S/C21H18N2O6/c1-27-12-10-13-18-16(11-12)29-9-7-23(18)21(26)17(19(13)24)20(25)22-6-8-28-15-5-3-2-4-14(15)22/h2-5,10-11,24H,6-9H2,1H3. The molecule has 5 rings (SSSR count). The van der Waals surface area contributed by atoms with Crippen LogP contribution in [-0.4, -0.2) is 42.4 Å². The number of fused-ring (bicyclic) bond motifs is 1. The average molecular weight is 394 g/mol. The second-order valence-electron chi connectivity index (χ2n) is 6.82. The third kappa shape index (κ3) is 2.52. The number of pyridine rings is 1. The lowest BCUT2D eigenvalue weighted by molar-refractivity contribution is 0.0971. The van der Waals surface area contributed by atoms with E-state index in [9.17, 15) is 14.7 Å². The molecule has 8 nitrogen and oxygen atoms in total. The van der Waals surface area contributed by atoms with Gasteiger partial charge in [0.15, 0.2) is 0 Å². The van der Waals surface area contributed by atoms with E-state index < -0.39 is 11.5 Å². The van der Waals surface area contributed by atoms with Crippen molar-refractivity contribution < 1.29 is 24.1 Å². The predicted octanol–water partition coefficient (Wildman–Crippen LogP) is 2.15. The maximum absolute atomic E-state index is 13.4. The van der Waals surface area contributed by atoms with E-state index in [1.165, 1.54) is 16.6 Å². The molecule has 1 aromatic heterocycles. The summed E-state index contributed by atoms with van der Waals surface area (Å²) in [7, 11) is 1.50. The van der Waals surface area contributed by atoms with E-state index in [0.717, 1.165) is 0 Å². The highest BCUT2D eigenvalue weighted by Gasteiger charge is 2.32. The van der Waals surface area contributed by atoms with Gasteiger partial charge in [-0.25, -0.2) is 0 Å². The number of amides is 1. The number of hydrogen-bond acceptors (Lipinski definition) is 6. The quantitative estimate of drug-likeness (QED) is 0.716. The molecule has 0 saturated carbocycles. The summed E-state index contributed by atoms with van der Waals surface area (Å²) in [5, 5.41) is 11.3. The van der Waals surface area contributed by atoms with Crippen LogP contribution in [0, 0.1) is 0 Å². The molecule has 0 fully saturated rings. The summed E-state index contributed by atoms with van der Waals surface area (Å²) in [6.07, 6.45) is 0. The first-order valence-electron chi connectivity index (χ1n) is 9.24. The number of anilines is 1. The van der Waals surface area contributed by atoms with Crippen LogP contribution in [0.25, 0.3) is 10.9 Å². The largest absolute Gasteiger partial charge is 0.506 e. The molecule has 2 aromatic carbocycles. The third-order valence-corrected chi connectivity index (χ3v) is 5.27. The van der Waals surface area contributed by atoms with E-state index in [1.54, 1.807) is 30.3 Å². The minimum Gasteiger partial charge on any atom is -0.506 e. The first kappa shape index (κ1) is 17.4. The van der Waals surface area contributed by atoms with Gasteiger partial charge in [-0.15, -0.1) is 0 Å². The number of benzene rings is 2. The van der Waals surface area contributed by atoms with Crippen molar-refractivity contribution in [3.8, 4) is 23.0 Å². The maximum Gasteiger partial charge on any atom is 0.267 e. The number of aromatic hydroxyl groups is 1. The van der Waals surface area contributed by atoms with Gasteiger partial charge in [0.05, 0.1) is 31.4 Å². The lowest BCUT2D eigenvalue weighted by atomic mass is 10.1. The van der Waals surface area contributed by atoms with Crippen molar-refractivity contribution in [1.82, 2.24) is 4.57 Å². The Morgan fingerprint density at radius 3 is 2.69 bits per heavy atom. The molecule has 0 spiro atoms. The molecular formula is C21H18N2O6. The summed E-state index contributed by atoms with van der Waals surface area (Å²) in [4.78, 5) is 28.1. The predicted molar refractivity (Wildman–Crippen MR) is 106 cm³/mol. The van der Waals surface area contributed by atoms with Crippen molar-refractivity contribution in [3.63, 3.8) is 0 Å². The van der Waals surface area contributed by atoms with Gasteiger partial charge in [-0.05, 0) is 18.2 Å². The first-order chi connectivity index (χ1) is 14.1. The Bertz CT molecular complexity index is 1220. The van der Waals surface area contributed by atoms with Gasteiger partial charge >= 0.3 is 0 Å². The number of aromatic nitrogens is 1. The van der Waals surface area contributed by atoms with Gasteiger partial charge in [-0.2, -0.15) is 0 Å². The second-order valence-corrected chi connectivity index (χ2v) is 6.82. The molecule has 148 valence electrons. The van der Waals surface area contributed by atoms with Gasteiger partial charge < -0.3 is 28.8 Å². The van der Waals surface area contributed by atoms with Gasteiger partial charge in [0.25, 0.3) is 11.5 Å². The van der Waals surface area contributed by atoms with E-state index in [1.807, 2.05) is 6.07 Å². The number of rotatable bonds is 2. The van der Waals surface area contributed by atoms with Crippen LogP contribution >= 0.6 is 0 Å². The monoisotopic (exact) mass is 394 g/mol. The number of methoxy groups -OCH3 is 1. The van der Waals surface area contributed by atoms with Gasteiger partial charge in [0.2, 0.25) is 0 Å². The Morgan fingerprint density at radius 2 is 1.86 bits per heavy atom. The number of nitrogens with zero attached hydrogens (tertiary/aromatic N) is 2. The molecule has 2 aliphatic rings. The van der Waals surface area contributed by atoms with Crippen molar-refractivity contribution >= 4 is 22.5 Å². The van der Waals surface area contributed by atoms with E-state index in [4.69, 9.17) is 14.2 Å². The fourth-order valence-corrected chi connectivity index (χ4v) is 3.91. The number of carbonyl (C=O) groups excluding carboxylic acids is 1. The van der Waals surface area contributed by atoms with Gasteiger partial charge in [0, 0.05) is 11.5 Å². The molecular weight excluding hydrogens is 376 g/mol. The van der Waals surface area contributed by atoms with Crippen LogP contribution in [0.5, 0.6) is 23.0 Å². The summed E-state index contributed by atoms with van der Waals surface area (Å²) in [6, 6.07) is 10.4. The molecule has 29 heavy (non-hydrogen) atoms. The average Bonchev–Trinajstić information content (AvgIpc) is 2.76. The fraction of sp³-hybridized carbons (Fsp3) is 0.238. The minimum absolute atomic E-state index is 0.268. The van der Waals surface area contributed by atoms with Crippen molar-refractivity contribution in [3.05, 3.63) is 52.3 Å². The summed E-state index contributed by atoms with van der Waals surface area (Å²) in [6.45, 7) is 1.15. The zero-order valence-electron chi connectivity index (χ0n) is 15.7. The maximum atomic E-state index is 13.4. The van der Waals surface area contributed by atoms with E-state index in [-0.39, 0.29) is 31.0 Å². The van der Waals surface area contributed by atoms with Crippen LogP contribution in [0.15, 0.2) is 41.2 Å². The summed E-state index contributed by atoms with van der Waals surface area (Å²) < 4.78 is 18.0. The van der Waals surface area contributed by atoms with E-state index >= 15 is 0 Å². The van der Waals surface area contributed by atoms with Crippen LogP contribution in [0.2, 0.25) is 0 Å². The van der Waals surface area contributed by atoms with Crippen molar-refractivity contribution in [2.24, 2.45) is 0 Å². The normalized spacial score (nSPS) is 14.7. The molecule has 3 heterocycles. The molecule has 2 aliphatic heterocycles. The highest BCUT2D eigenvalue weighted by Crippen LogP contribution is 2.39. The molecule has 0 radical (unpaired) electrons. The van der Waals surface area contributed by atoms with Gasteiger partial charge in [-0.3, -0.25) is 9.59 Å². The Morgan fingerprint density at radius 1 is 1.10 bits per heavy atom. The van der Waals surface area contributed by atoms with E-state index in [2.05, 4.69) is 0 Å².